The molecule has 0 fully saturated rings. The van der Waals surface area contributed by atoms with Gasteiger partial charge < -0.3 is 21.1 Å². The van der Waals surface area contributed by atoms with Crippen molar-refractivity contribution in [2.45, 2.75) is 103 Å². The average Bonchev–Trinajstić information content (AvgIpc) is 3.37. The van der Waals surface area contributed by atoms with Crippen LogP contribution >= 0.6 is 11.3 Å². The van der Waals surface area contributed by atoms with Crippen LogP contribution < -0.4 is 16.4 Å². The number of hydrogen-bond donors (Lipinski definition) is 3. The van der Waals surface area contributed by atoms with Gasteiger partial charge in [0.2, 0.25) is 0 Å². The van der Waals surface area contributed by atoms with Crippen molar-refractivity contribution < 1.29 is 31.5 Å². The van der Waals surface area contributed by atoms with Gasteiger partial charge in [-0.2, -0.15) is 0 Å². The highest BCUT2D eigenvalue weighted by Crippen LogP contribution is 2.20. The lowest BCUT2D eigenvalue weighted by Gasteiger charge is -2.28. The first-order chi connectivity index (χ1) is 22.8. The van der Waals surface area contributed by atoms with E-state index in [1.54, 1.807) is 13.8 Å². The summed E-state index contributed by atoms with van der Waals surface area (Å²) in [5, 5.41) is 5.81. The molecule has 1 heterocycles. The van der Waals surface area contributed by atoms with Gasteiger partial charge in [0, 0.05) is 25.2 Å². The van der Waals surface area contributed by atoms with Crippen molar-refractivity contribution in [3.05, 3.63) is 86.4 Å². The molecule has 0 unspecified atom stereocenters. The molecule has 264 valence electrons. The molecule has 1 amide bonds. The van der Waals surface area contributed by atoms with Crippen LogP contribution in [0, 0.1) is 25.5 Å². The number of nitrogens with zero attached hydrogens (tertiary/aromatic N) is 1. The van der Waals surface area contributed by atoms with Gasteiger partial charge in [-0.15, -0.1) is 11.3 Å². The van der Waals surface area contributed by atoms with E-state index in [2.05, 4.69) is 22.5 Å². The summed E-state index contributed by atoms with van der Waals surface area (Å²) in [6.45, 7) is 9.70. The molecule has 4 N–H and O–H groups in total. The van der Waals surface area contributed by atoms with E-state index < -0.39 is 62.5 Å². The van der Waals surface area contributed by atoms with Crippen LogP contribution in [0.3, 0.4) is 0 Å². The minimum atomic E-state index is -3.86. The van der Waals surface area contributed by atoms with Gasteiger partial charge in [0.05, 0.1) is 21.7 Å². The number of benzene rings is 2. The van der Waals surface area contributed by atoms with E-state index >= 15 is 0 Å². The molecule has 0 saturated carbocycles. The van der Waals surface area contributed by atoms with Gasteiger partial charge in [-0.3, -0.25) is 4.79 Å². The Kier molecular flexibility index (Phi) is 15.1. The molecule has 0 spiro atoms. The number of esters is 1. The number of rotatable bonds is 19. The predicted octanol–water partition coefficient (Wildman–Crippen LogP) is 5.35. The van der Waals surface area contributed by atoms with Crippen molar-refractivity contribution in [2.24, 2.45) is 5.73 Å². The highest BCUT2D eigenvalue weighted by atomic mass is 32.2. The SMILES string of the molecule is CCCC(CCC)S(=O)(=O)C[C@H](NC(=O)c1sc(C)nc1C)C(=O)O[C@H](CNCc1cccc(CC)c1)[C@@H](N)Cc1cc(F)cc(F)c1. The molecule has 0 aliphatic heterocycles. The number of amides is 1. The van der Waals surface area contributed by atoms with Crippen molar-refractivity contribution in [3.8, 4) is 0 Å². The quantitative estimate of drug-likeness (QED) is 0.142. The first kappa shape index (κ1) is 39.2. The first-order valence-electron chi connectivity index (χ1n) is 16.4. The van der Waals surface area contributed by atoms with Crippen molar-refractivity contribution in [3.63, 3.8) is 0 Å². The molecule has 0 radical (unpaired) electrons. The first-order valence-corrected chi connectivity index (χ1v) is 18.9. The van der Waals surface area contributed by atoms with Crippen LogP contribution in [0.1, 0.15) is 83.5 Å². The molecule has 0 bridgehead atoms. The molecule has 3 rings (SSSR count). The number of nitrogens with two attached hydrogens (primary N) is 1. The Morgan fingerprint density at radius 1 is 0.979 bits per heavy atom. The lowest BCUT2D eigenvalue weighted by Crippen LogP contribution is -2.52. The van der Waals surface area contributed by atoms with Gasteiger partial charge in [-0.05, 0) is 68.4 Å². The monoisotopic (exact) mass is 706 g/mol. The second-order valence-corrected chi connectivity index (χ2v) is 15.7. The summed E-state index contributed by atoms with van der Waals surface area (Å²) >= 11 is 1.13. The minimum absolute atomic E-state index is 0.0383. The van der Waals surface area contributed by atoms with Crippen LogP contribution in [0.4, 0.5) is 8.78 Å². The van der Waals surface area contributed by atoms with Crippen molar-refractivity contribution in [1.82, 2.24) is 15.6 Å². The van der Waals surface area contributed by atoms with Gasteiger partial charge >= 0.3 is 5.97 Å². The van der Waals surface area contributed by atoms with Gasteiger partial charge in [0.15, 0.2) is 9.84 Å². The Bertz CT molecular complexity index is 1610. The molecule has 3 atom stereocenters. The largest absolute Gasteiger partial charge is 0.458 e. The van der Waals surface area contributed by atoms with E-state index in [0.29, 0.717) is 42.9 Å². The summed E-state index contributed by atoms with van der Waals surface area (Å²) in [5.41, 5.74) is 9.38. The van der Waals surface area contributed by atoms with Crippen LogP contribution in [0.2, 0.25) is 0 Å². The predicted molar refractivity (Wildman–Crippen MR) is 186 cm³/mol. The highest BCUT2D eigenvalue weighted by Gasteiger charge is 2.36. The maximum atomic E-state index is 14.0. The van der Waals surface area contributed by atoms with Gasteiger partial charge in [-0.1, -0.05) is 57.9 Å². The van der Waals surface area contributed by atoms with Crippen LogP contribution in [0.5, 0.6) is 0 Å². The van der Waals surface area contributed by atoms with E-state index in [4.69, 9.17) is 10.5 Å². The van der Waals surface area contributed by atoms with Crippen LogP contribution in [0.25, 0.3) is 0 Å². The number of halogens is 2. The van der Waals surface area contributed by atoms with Crippen LogP contribution in [0.15, 0.2) is 42.5 Å². The van der Waals surface area contributed by atoms with Gasteiger partial charge in [0.25, 0.3) is 5.91 Å². The number of aromatic nitrogens is 1. The van der Waals surface area contributed by atoms with Gasteiger partial charge in [-0.25, -0.2) is 27.0 Å². The Hall–Kier alpha value is -3.26. The minimum Gasteiger partial charge on any atom is -0.458 e. The molecular formula is C35H48F2N4O5S2. The Morgan fingerprint density at radius 3 is 2.21 bits per heavy atom. The molecule has 3 aromatic rings. The molecule has 0 aliphatic rings. The van der Waals surface area contributed by atoms with Gasteiger partial charge in [0.1, 0.15) is 28.7 Å². The molecule has 13 heteroatoms. The van der Waals surface area contributed by atoms with E-state index in [0.717, 1.165) is 47.1 Å². The molecule has 9 nitrogen and oxygen atoms in total. The standard InChI is InChI=1S/C35H48F2N4O5S2/c1-6-10-29(11-7-2)48(44,45)21-31(41-34(42)33-22(4)40-23(5)47-33)35(43)46-32(20-39-19-25-13-9-12-24(8-3)14-25)30(38)17-26-15-27(36)18-28(37)16-26/h9,12-16,18,29-32,39H,6-8,10-11,17,19-21,38H2,1-5H3,(H,41,42)/t30-,31-,32+/m0/s1. The molecule has 1 aromatic heterocycles. The fourth-order valence-electron chi connectivity index (χ4n) is 5.61. The number of thiazole rings is 1. The van der Waals surface area contributed by atoms with Crippen LogP contribution in [-0.4, -0.2) is 61.0 Å². The highest BCUT2D eigenvalue weighted by molar-refractivity contribution is 7.92. The normalized spacial score (nSPS) is 13.7. The van der Waals surface area contributed by atoms with E-state index in [1.165, 1.54) is 0 Å². The zero-order chi connectivity index (χ0) is 35.4. The third kappa shape index (κ3) is 11.7. The molecule has 0 saturated heterocycles. The zero-order valence-corrected chi connectivity index (χ0v) is 30.0. The fourth-order valence-corrected chi connectivity index (χ4v) is 8.58. The molecule has 0 aliphatic carbocycles. The number of carbonyl (C=O) groups is 2. The number of aryl methyl sites for hydroxylation is 3. The van der Waals surface area contributed by atoms with E-state index in [9.17, 15) is 26.8 Å². The van der Waals surface area contributed by atoms with Crippen molar-refractivity contribution >= 4 is 33.1 Å². The molecule has 2 aromatic carbocycles. The maximum Gasteiger partial charge on any atom is 0.330 e. The number of sulfone groups is 1. The molecule has 48 heavy (non-hydrogen) atoms. The third-order valence-electron chi connectivity index (χ3n) is 8.04. The van der Waals surface area contributed by atoms with Crippen molar-refractivity contribution in [2.75, 3.05) is 12.3 Å². The summed E-state index contributed by atoms with van der Waals surface area (Å²) in [6, 6.07) is 8.55. The van der Waals surface area contributed by atoms with E-state index in [1.807, 2.05) is 38.1 Å². The maximum absolute atomic E-state index is 14.0. The summed E-state index contributed by atoms with van der Waals surface area (Å²) < 4.78 is 61.2. The average molecular weight is 707 g/mol. The van der Waals surface area contributed by atoms with Crippen molar-refractivity contribution in [1.29, 1.82) is 0 Å². The fraction of sp³-hybridized carbons (Fsp3) is 0.514. The number of hydrogen-bond acceptors (Lipinski definition) is 9. The Labute approximate surface area is 287 Å². The lowest BCUT2D eigenvalue weighted by atomic mass is 10.0. The lowest BCUT2D eigenvalue weighted by molar-refractivity contribution is -0.151. The molecular weight excluding hydrogens is 659 g/mol. The Morgan fingerprint density at radius 2 is 1.62 bits per heavy atom. The zero-order valence-electron chi connectivity index (χ0n) is 28.4. The topological polar surface area (TPSA) is 140 Å². The second kappa shape index (κ2) is 18.5. The third-order valence-corrected chi connectivity index (χ3v) is 11.4. The summed E-state index contributed by atoms with van der Waals surface area (Å²) in [7, 11) is -3.86. The van der Waals surface area contributed by atoms with E-state index in [-0.39, 0.29) is 23.4 Å². The summed E-state index contributed by atoms with van der Waals surface area (Å²) in [6.07, 6.45) is 1.87. The number of carbonyl (C=O) groups excluding carboxylic acids is 2. The van der Waals surface area contributed by atoms with Crippen LogP contribution in [-0.2, 0) is 38.8 Å². The Balaban J connectivity index is 1.90. The number of nitrogens with one attached hydrogen (secondary N) is 2. The number of ether oxygens (including phenoxy) is 1. The summed E-state index contributed by atoms with van der Waals surface area (Å²) in [4.78, 5) is 31.8. The second-order valence-electron chi connectivity index (χ2n) is 12.1. The smallest absolute Gasteiger partial charge is 0.330 e. The summed E-state index contributed by atoms with van der Waals surface area (Å²) in [5.74, 6) is -3.81.